The van der Waals surface area contributed by atoms with Gasteiger partial charge in [-0.3, -0.25) is 4.72 Å². The number of nitrogens with zero attached hydrogens (tertiary/aromatic N) is 2. The standard InChI is InChI=1S/C25H29N3O5S/c1-16-22(17(2)33-26-16)12-13-28(3)24-11-9-20(15-23(24)25(29)30)27-34(31,32)21-10-8-18-6-4-5-7-19(18)14-21/h8-11,14-15,27H,4-7,12-13H2,1-3H3,(H,29,30). The lowest BCUT2D eigenvalue weighted by atomic mass is 9.92. The van der Waals surface area contributed by atoms with Gasteiger partial charge in [-0.25, -0.2) is 13.2 Å². The highest BCUT2D eigenvalue weighted by Crippen LogP contribution is 2.28. The first-order chi connectivity index (χ1) is 16.2. The minimum atomic E-state index is -3.85. The van der Waals surface area contributed by atoms with Crippen LogP contribution in [0, 0.1) is 13.8 Å². The second-order valence-electron chi connectivity index (χ2n) is 8.75. The molecule has 3 aromatic rings. The van der Waals surface area contributed by atoms with Crippen LogP contribution in [0.1, 0.15) is 51.3 Å². The number of nitrogens with one attached hydrogen (secondary N) is 1. The number of carboxylic acids is 1. The zero-order valence-electron chi connectivity index (χ0n) is 19.6. The molecular formula is C25H29N3O5S. The molecule has 0 saturated carbocycles. The molecule has 9 heteroatoms. The fourth-order valence-electron chi connectivity index (χ4n) is 4.45. The normalized spacial score (nSPS) is 13.4. The molecule has 180 valence electrons. The lowest BCUT2D eigenvalue weighted by Gasteiger charge is -2.22. The predicted octanol–water partition coefficient (Wildman–Crippen LogP) is 4.35. The number of aromatic nitrogens is 1. The van der Waals surface area contributed by atoms with Crippen LogP contribution < -0.4 is 9.62 Å². The van der Waals surface area contributed by atoms with Crippen molar-refractivity contribution in [1.82, 2.24) is 5.16 Å². The first kappa shape index (κ1) is 23.8. The summed E-state index contributed by atoms with van der Waals surface area (Å²) >= 11 is 0. The molecule has 0 bridgehead atoms. The van der Waals surface area contributed by atoms with Crippen molar-refractivity contribution in [3.05, 3.63) is 70.1 Å². The highest BCUT2D eigenvalue weighted by molar-refractivity contribution is 7.92. The molecule has 0 radical (unpaired) electrons. The van der Waals surface area contributed by atoms with Crippen molar-refractivity contribution in [1.29, 1.82) is 0 Å². The summed E-state index contributed by atoms with van der Waals surface area (Å²) in [5, 5.41) is 13.8. The van der Waals surface area contributed by atoms with Gasteiger partial charge in [0.25, 0.3) is 10.0 Å². The number of sulfonamides is 1. The van der Waals surface area contributed by atoms with E-state index >= 15 is 0 Å². The van der Waals surface area contributed by atoms with Crippen LogP contribution >= 0.6 is 0 Å². The van der Waals surface area contributed by atoms with E-state index in [9.17, 15) is 18.3 Å². The number of fused-ring (bicyclic) bond motifs is 1. The molecule has 0 fully saturated rings. The lowest BCUT2D eigenvalue weighted by molar-refractivity contribution is 0.0697. The Morgan fingerprint density at radius 1 is 1.12 bits per heavy atom. The molecule has 34 heavy (non-hydrogen) atoms. The first-order valence-corrected chi connectivity index (χ1v) is 12.8. The third-order valence-corrected chi connectivity index (χ3v) is 7.78. The Kier molecular flexibility index (Phi) is 6.65. The zero-order valence-corrected chi connectivity index (χ0v) is 20.4. The van der Waals surface area contributed by atoms with Crippen molar-refractivity contribution in [3.63, 3.8) is 0 Å². The Balaban J connectivity index is 1.54. The second kappa shape index (κ2) is 9.50. The van der Waals surface area contributed by atoms with Gasteiger partial charge in [0.15, 0.2) is 0 Å². The average Bonchev–Trinajstić information content (AvgIpc) is 3.13. The molecule has 1 aromatic heterocycles. The van der Waals surface area contributed by atoms with E-state index in [-0.39, 0.29) is 16.1 Å². The van der Waals surface area contributed by atoms with E-state index in [1.807, 2.05) is 24.8 Å². The summed E-state index contributed by atoms with van der Waals surface area (Å²) in [6, 6.07) is 9.79. The van der Waals surface area contributed by atoms with Gasteiger partial charge in [-0.15, -0.1) is 0 Å². The van der Waals surface area contributed by atoms with Crippen molar-refractivity contribution in [2.24, 2.45) is 0 Å². The molecule has 2 aromatic carbocycles. The van der Waals surface area contributed by atoms with Gasteiger partial charge in [-0.1, -0.05) is 11.2 Å². The molecular weight excluding hydrogens is 454 g/mol. The molecule has 4 rings (SSSR count). The van der Waals surface area contributed by atoms with Gasteiger partial charge >= 0.3 is 5.97 Å². The van der Waals surface area contributed by atoms with Crippen molar-refractivity contribution in [2.75, 3.05) is 23.2 Å². The number of aromatic carboxylic acids is 1. The molecule has 0 saturated heterocycles. The fourth-order valence-corrected chi connectivity index (χ4v) is 5.55. The Labute approximate surface area is 199 Å². The maximum Gasteiger partial charge on any atom is 0.337 e. The van der Waals surface area contributed by atoms with Crippen LogP contribution in [0.4, 0.5) is 11.4 Å². The van der Waals surface area contributed by atoms with Crippen LogP contribution in [0.5, 0.6) is 0 Å². The van der Waals surface area contributed by atoms with E-state index in [1.54, 1.807) is 31.3 Å². The lowest BCUT2D eigenvalue weighted by Crippen LogP contribution is -2.23. The summed E-state index contributed by atoms with van der Waals surface area (Å²) in [7, 11) is -2.04. The van der Waals surface area contributed by atoms with E-state index < -0.39 is 16.0 Å². The topological polar surface area (TPSA) is 113 Å². The maximum absolute atomic E-state index is 13.0. The third kappa shape index (κ3) is 4.94. The Morgan fingerprint density at radius 3 is 2.53 bits per heavy atom. The molecule has 0 aliphatic heterocycles. The van der Waals surface area contributed by atoms with Gasteiger partial charge in [0.2, 0.25) is 0 Å². The van der Waals surface area contributed by atoms with Crippen LogP contribution in [-0.4, -0.2) is 38.2 Å². The quantitative estimate of drug-likeness (QED) is 0.490. The van der Waals surface area contributed by atoms with Crippen LogP contribution in [-0.2, 0) is 29.3 Å². The van der Waals surface area contributed by atoms with E-state index in [2.05, 4.69) is 9.88 Å². The minimum Gasteiger partial charge on any atom is -0.478 e. The highest BCUT2D eigenvalue weighted by atomic mass is 32.2. The number of carbonyl (C=O) groups is 1. The number of aryl methyl sites for hydroxylation is 4. The fraction of sp³-hybridized carbons (Fsp3) is 0.360. The summed E-state index contributed by atoms with van der Waals surface area (Å²) in [6.07, 6.45) is 4.65. The number of anilines is 2. The first-order valence-electron chi connectivity index (χ1n) is 11.3. The number of rotatable bonds is 8. The van der Waals surface area contributed by atoms with Gasteiger partial charge in [0, 0.05) is 24.8 Å². The highest BCUT2D eigenvalue weighted by Gasteiger charge is 2.21. The van der Waals surface area contributed by atoms with Crippen molar-refractivity contribution in [3.8, 4) is 0 Å². The zero-order chi connectivity index (χ0) is 24.5. The van der Waals surface area contributed by atoms with E-state index in [1.165, 1.54) is 11.6 Å². The van der Waals surface area contributed by atoms with Gasteiger partial charge in [-0.2, -0.15) is 0 Å². The molecule has 0 unspecified atom stereocenters. The van der Waals surface area contributed by atoms with Gasteiger partial charge in [0.1, 0.15) is 5.76 Å². The van der Waals surface area contributed by atoms with Crippen LogP contribution in [0.25, 0.3) is 0 Å². The molecule has 0 amide bonds. The Morgan fingerprint density at radius 2 is 1.85 bits per heavy atom. The monoisotopic (exact) mass is 483 g/mol. The van der Waals surface area contributed by atoms with E-state index in [0.29, 0.717) is 18.7 Å². The van der Waals surface area contributed by atoms with Crippen LogP contribution in [0.2, 0.25) is 0 Å². The summed E-state index contributed by atoms with van der Waals surface area (Å²) in [5.41, 5.74) is 4.80. The van der Waals surface area contributed by atoms with Crippen LogP contribution in [0.3, 0.4) is 0 Å². The summed E-state index contributed by atoms with van der Waals surface area (Å²) in [6.45, 7) is 4.27. The maximum atomic E-state index is 13.0. The molecule has 0 spiro atoms. The van der Waals surface area contributed by atoms with Gasteiger partial charge in [-0.05, 0) is 87.4 Å². The van der Waals surface area contributed by atoms with Gasteiger partial charge in [0.05, 0.1) is 21.8 Å². The largest absolute Gasteiger partial charge is 0.478 e. The molecule has 1 heterocycles. The Bertz CT molecular complexity index is 1310. The summed E-state index contributed by atoms with van der Waals surface area (Å²) in [5.74, 6) is -0.384. The Hall–Kier alpha value is -3.33. The summed E-state index contributed by atoms with van der Waals surface area (Å²) < 4.78 is 33.7. The predicted molar refractivity (Wildman–Crippen MR) is 130 cm³/mol. The van der Waals surface area contributed by atoms with Crippen molar-refractivity contribution >= 4 is 27.4 Å². The van der Waals surface area contributed by atoms with E-state index in [0.717, 1.165) is 48.3 Å². The van der Waals surface area contributed by atoms with Crippen molar-refractivity contribution in [2.45, 2.75) is 50.8 Å². The molecule has 8 nitrogen and oxygen atoms in total. The smallest absolute Gasteiger partial charge is 0.337 e. The van der Waals surface area contributed by atoms with Gasteiger partial charge < -0.3 is 14.5 Å². The number of hydrogen-bond acceptors (Lipinski definition) is 6. The number of likely N-dealkylation sites (N-methyl/N-ethyl adjacent to an activating group) is 1. The molecule has 0 atom stereocenters. The number of hydrogen-bond donors (Lipinski definition) is 2. The molecule has 2 N–H and O–H groups in total. The molecule has 1 aliphatic rings. The van der Waals surface area contributed by atoms with E-state index in [4.69, 9.17) is 4.52 Å². The number of carboxylic acid groups (broad SMARTS) is 1. The SMILES string of the molecule is Cc1noc(C)c1CCN(C)c1ccc(NS(=O)(=O)c2ccc3c(c2)CCCC3)cc1C(=O)O. The molecule has 1 aliphatic carbocycles. The van der Waals surface area contributed by atoms with Crippen LogP contribution in [0.15, 0.2) is 45.8 Å². The minimum absolute atomic E-state index is 0.0203. The summed E-state index contributed by atoms with van der Waals surface area (Å²) in [4.78, 5) is 14.0. The van der Waals surface area contributed by atoms with Crippen molar-refractivity contribution < 1.29 is 22.8 Å². The number of benzene rings is 2. The average molecular weight is 484 g/mol. The second-order valence-corrected chi connectivity index (χ2v) is 10.4. The third-order valence-electron chi connectivity index (χ3n) is 6.40.